The zero-order valence-corrected chi connectivity index (χ0v) is 11.5. The molecule has 0 bridgehead atoms. The van der Waals surface area contributed by atoms with Crippen molar-refractivity contribution in [1.29, 1.82) is 0 Å². The van der Waals surface area contributed by atoms with Gasteiger partial charge in [-0.1, -0.05) is 27.7 Å². The molecule has 0 aromatic rings. The van der Waals surface area contributed by atoms with Crippen molar-refractivity contribution in [2.75, 3.05) is 13.1 Å². The van der Waals surface area contributed by atoms with E-state index in [1.807, 2.05) is 0 Å². The Balaban J connectivity index is 2.86. The Labute approximate surface area is 104 Å². The second kappa shape index (κ2) is 5.63. The number of carbonyl (C=O) groups excluding carboxylic acids is 1. The minimum atomic E-state index is -0.0508. The molecule has 4 nitrogen and oxygen atoms in total. The third kappa shape index (κ3) is 3.28. The van der Waals surface area contributed by atoms with Crippen LogP contribution in [0, 0.1) is 11.3 Å². The Kier molecular flexibility index (Phi) is 4.69. The van der Waals surface area contributed by atoms with E-state index in [1.165, 1.54) is 0 Å². The number of carbonyl (C=O) groups is 1. The summed E-state index contributed by atoms with van der Waals surface area (Å²) in [6, 6.07) is 0. The molecule has 1 aliphatic rings. The number of hydrogen-bond donors (Lipinski definition) is 1. The molecule has 1 aliphatic heterocycles. The van der Waals surface area contributed by atoms with Crippen LogP contribution in [0.1, 0.15) is 47.0 Å². The van der Waals surface area contributed by atoms with E-state index in [4.69, 9.17) is 5.73 Å². The minimum Gasteiger partial charge on any atom is -0.330 e. The largest absolute Gasteiger partial charge is 0.330 e. The fourth-order valence-electron chi connectivity index (χ4n) is 2.17. The molecule has 0 aromatic heterocycles. The number of nitrogens with zero attached hydrogens (tertiary/aromatic N) is 2. The average Bonchev–Trinajstić information content (AvgIpc) is 2.54. The van der Waals surface area contributed by atoms with E-state index in [0.717, 1.165) is 31.5 Å². The molecule has 1 rings (SSSR count). The predicted octanol–water partition coefficient (Wildman–Crippen LogP) is 2.00. The third-order valence-corrected chi connectivity index (χ3v) is 3.01. The summed E-state index contributed by atoms with van der Waals surface area (Å²) in [4.78, 5) is 12.2. The van der Waals surface area contributed by atoms with Crippen LogP contribution in [0.4, 0.5) is 0 Å². The molecule has 1 unspecified atom stereocenters. The van der Waals surface area contributed by atoms with E-state index >= 15 is 0 Å². The summed E-state index contributed by atoms with van der Waals surface area (Å²) >= 11 is 0. The maximum absolute atomic E-state index is 12.2. The molecule has 0 spiro atoms. The number of hydrogen-bond acceptors (Lipinski definition) is 3. The molecule has 0 aliphatic carbocycles. The van der Waals surface area contributed by atoms with Gasteiger partial charge >= 0.3 is 0 Å². The lowest BCUT2D eigenvalue weighted by molar-refractivity contribution is -0.132. The molecule has 4 heteroatoms. The molecule has 98 valence electrons. The number of amides is 1. The zero-order valence-electron chi connectivity index (χ0n) is 11.5. The third-order valence-electron chi connectivity index (χ3n) is 3.01. The average molecular weight is 239 g/mol. The van der Waals surface area contributed by atoms with Gasteiger partial charge in [-0.25, -0.2) is 5.01 Å². The first-order valence-corrected chi connectivity index (χ1v) is 6.52. The van der Waals surface area contributed by atoms with Crippen LogP contribution in [0.15, 0.2) is 5.10 Å². The van der Waals surface area contributed by atoms with Crippen molar-refractivity contribution in [1.82, 2.24) is 5.01 Å². The van der Waals surface area contributed by atoms with Crippen LogP contribution in [0.5, 0.6) is 0 Å². The topological polar surface area (TPSA) is 58.7 Å². The molecule has 1 atom stereocenters. The Morgan fingerprint density at radius 3 is 2.53 bits per heavy atom. The molecule has 2 N–H and O–H groups in total. The van der Waals surface area contributed by atoms with Crippen molar-refractivity contribution < 1.29 is 4.79 Å². The fraction of sp³-hybridized carbons (Fsp3) is 0.846. The summed E-state index contributed by atoms with van der Waals surface area (Å²) in [6.07, 6.45) is 2.65. The van der Waals surface area contributed by atoms with E-state index in [2.05, 4.69) is 32.8 Å². The fourth-order valence-corrected chi connectivity index (χ4v) is 2.17. The van der Waals surface area contributed by atoms with Gasteiger partial charge in [0.1, 0.15) is 0 Å². The highest BCUT2D eigenvalue weighted by atomic mass is 16.2. The lowest BCUT2D eigenvalue weighted by Gasteiger charge is -2.22. The second-order valence-corrected chi connectivity index (χ2v) is 5.68. The molecule has 17 heavy (non-hydrogen) atoms. The highest BCUT2D eigenvalue weighted by Gasteiger charge is 2.39. The van der Waals surface area contributed by atoms with Crippen LogP contribution in [0.2, 0.25) is 0 Å². The van der Waals surface area contributed by atoms with Crippen LogP contribution in [0.3, 0.4) is 0 Å². The van der Waals surface area contributed by atoms with E-state index in [-0.39, 0.29) is 17.2 Å². The summed E-state index contributed by atoms with van der Waals surface area (Å²) in [5, 5.41) is 6.16. The molecule has 1 amide bonds. The molecule has 0 fully saturated rings. The zero-order chi connectivity index (χ0) is 13.1. The molecule has 1 heterocycles. The normalized spacial score (nSPS) is 21.0. The van der Waals surface area contributed by atoms with Crippen LogP contribution in [-0.4, -0.2) is 29.7 Å². The van der Waals surface area contributed by atoms with Gasteiger partial charge < -0.3 is 5.73 Å². The van der Waals surface area contributed by atoms with Gasteiger partial charge in [0.2, 0.25) is 0 Å². The lowest BCUT2D eigenvalue weighted by atomic mass is 9.80. The van der Waals surface area contributed by atoms with Crippen LogP contribution in [0.25, 0.3) is 0 Å². The van der Waals surface area contributed by atoms with Gasteiger partial charge in [0.05, 0.1) is 11.6 Å². The first kappa shape index (κ1) is 14.2. The monoisotopic (exact) mass is 239 g/mol. The van der Waals surface area contributed by atoms with Gasteiger partial charge in [-0.3, -0.25) is 4.79 Å². The van der Waals surface area contributed by atoms with Crippen molar-refractivity contribution in [2.24, 2.45) is 22.2 Å². The van der Waals surface area contributed by atoms with Gasteiger partial charge in [0.15, 0.2) is 0 Å². The standard InChI is InChI=1S/C13H25N3O/c1-5-9-16-12(17)10(7-6-8-14)11(15-16)13(2,3)4/h10H,5-9,14H2,1-4H3. The van der Waals surface area contributed by atoms with E-state index in [0.29, 0.717) is 6.54 Å². The van der Waals surface area contributed by atoms with Crippen molar-refractivity contribution in [2.45, 2.75) is 47.0 Å². The van der Waals surface area contributed by atoms with E-state index < -0.39 is 0 Å². The van der Waals surface area contributed by atoms with Crippen LogP contribution >= 0.6 is 0 Å². The summed E-state index contributed by atoms with van der Waals surface area (Å²) < 4.78 is 0. The highest BCUT2D eigenvalue weighted by molar-refractivity contribution is 6.10. The molecular formula is C13H25N3O. The molecular weight excluding hydrogens is 214 g/mol. The first-order chi connectivity index (χ1) is 7.91. The second-order valence-electron chi connectivity index (χ2n) is 5.68. The number of rotatable bonds is 5. The maximum Gasteiger partial charge on any atom is 0.251 e. The van der Waals surface area contributed by atoms with Gasteiger partial charge in [-0.15, -0.1) is 0 Å². The Morgan fingerprint density at radius 1 is 1.41 bits per heavy atom. The summed E-state index contributed by atoms with van der Waals surface area (Å²) in [5.74, 6) is 0.107. The summed E-state index contributed by atoms with van der Waals surface area (Å²) in [6.45, 7) is 9.76. The van der Waals surface area contributed by atoms with Crippen molar-refractivity contribution in [3.05, 3.63) is 0 Å². The maximum atomic E-state index is 12.2. The number of hydrazone groups is 1. The molecule has 0 aromatic carbocycles. The van der Waals surface area contributed by atoms with Gasteiger partial charge in [-0.2, -0.15) is 5.10 Å². The quantitative estimate of drug-likeness (QED) is 0.797. The predicted molar refractivity (Wildman–Crippen MR) is 70.7 cm³/mol. The Bertz CT molecular complexity index is 304. The van der Waals surface area contributed by atoms with Crippen LogP contribution in [-0.2, 0) is 4.79 Å². The van der Waals surface area contributed by atoms with E-state index in [9.17, 15) is 4.79 Å². The smallest absolute Gasteiger partial charge is 0.251 e. The Hall–Kier alpha value is -0.900. The van der Waals surface area contributed by atoms with E-state index in [1.54, 1.807) is 5.01 Å². The van der Waals surface area contributed by atoms with Gasteiger partial charge in [0.25, 0.3) is 5.91 Å². The molecule has 0 saturated carbocycles. The van der Waals surface area contributed by atoms with Crippen molar-refractivity contribution in [3.8, 4) is 0 Å². The summed E-state index contributed by atoms with van der Waals surface area (Å²) in [7, 11) is 0. The summed E-state index contributed by atoms with van der Waals surface area (Å²) in [5.41, 5.74) is 6.51. The first-order valence-electron chi connectivity index (χ1n) is 6.52. The van der Waals surface area contributed by atoms with Crippen LogP contribution < -0.4 is 5.73 Å². The lowest BCUT2D eigenvalue weighted by Crippen LogP contribution is -2.32. The SMILES string of the molecule is CCCN1N=C(C(C)(C)C)C(CCCN)C1=O. The van der Waals surface area contributed by atoms with Crippen molar-refractivity contribution in [3.63, 3.8) is 0 Å². The highest BCUT2D eigenvalue weighted by Crippen LogP contribution is 2.31. The Morgan fingerprint density at radius 2 is 2.06 bits per heavy atom. The molecule has 0 radical (unpaired) electrons. The van der Waals surface area contributed by atoms with Crippen molar-refractivity contribution >= 4 is 11.6 Å². The van der Waals surface area contributed by atoms with Gasteiger partial charge in [-0.05, 0) is 25.8 Å². The molecule has 0 saturated heterocycles. The number of nitrogens with two attached hydrogens (primary N) is 1. The van der Waals surface area contributed by atoms with Gasteiger partial charge in [0, 0.05) is 12.0 Å². The minimum absolute atomic E-state index is 0.0442.